The first-order chi connectivity index (χ1) is 8.10. The summed E-state index contributed by atoms with van der Waals surface area (Å²) in [5.74, 6) is 1.84. The summed E-state index contributed by atoms with van der Waals surface area (Å²) in [6.07, 6.45) is 9.37. The van der Waals surface area contributed by atoms with Gasteiger partial charge in [-0.25, -0.2) is 0 Å². The highest BCUT2D eigenvalue weighted by Gasteiger charge is 2.38. The van der Waals surface area contributed by atoms with E-state index >= 15 is 0 Å². The third kappa shape index (κ3) is 3.38. The monoisotopic (exact) mass is 256 g/mol. The quantitative estimate of drug-likeness (QED) is 0.808. The first kappa shape index (κ1) is 13.2. The van der Waals surface area contributed by atoms with E-state index in [0.717, 1.165) is 25.2 Å². The molecule has 17 heavy (non-hydrogen) atoms. The van der Waals surface area contributed by atoms with Gasteiger partial charge in [0.15, 0.2) is 0 Å². The Labute approximate surface area is 108 Å². The second kappa shape index (κ2) is 5.61. The van der Waals surface area contributed by atoms with Crippen LogP contribution in [0.4, 0.5) is 0 Å². The van der Waals surface area contributed by atoms with E-state index < -0.39 is 5.54 Å². The van der Waals surface area contributed by atoms with E-state index in [-0.39, 0.29) is 5.91 Å². The topological polar surface area (TPSA) is 69.1 Å². The number of hydrogen-bond acceptors (Lipinski definition) is 3. The summed E-state index contributed by atoms with van der Waals surface area (Å²) in [6.45, 7) is 0. The summed E-state index contributed by atoms with van der Waals surface area (Å²) in [6, 6.07) is 0. The summed E-state index contributed by atoms with van der Waals surface area (Å²) in [4.78, 5) is 11.4. The van der Waals surface area contributed by atoms with Crippen LogP contribution in [0.15, 0.2) is 0 Å². The smallest absolute Gasteiger partial charge is 0.237 e. The lowest BCUT2D eigenvalue weighted by atomic mass is 9.82. The lowest BCUT2D eigenvalue weighted by Gasteiger charge is -2.35. The third-order valence-electron chi connectivity index (χ3n) is 4.27. The van der Waals surface area contributed by atoms with E-state index in [2.05, 4.69) is 0 Å². The Morgan fingerprint density at radius 3 is 2.59 bits per heavy atom. The SMILES string of the molecule is NC(=O)C1(N)CCCC(SCC2CCCC2)C1. The number of nitrogens with two attached hydrogens (primary N) is 2. The maximum atomic E-state index is 11.4. The summed E-state index contributed by atoms with van der Waals surface area (Å²) in [7, 11) is 0. The third-order valence-corrected chi connectivity index (χ3v) is 5.81. The van der Waals surface area contributed by atoms with Crippen LogP contribution in [-0.2, 0) is 4.79 Å². The zero-order chi connectivity index (χ0) is 12.3. The van der Waals surface area contributed by atoms with Crippen molar-refractivity contribution < 1.29 is 4.79 Å². The van der Waals surface area contributed by atoms with Crippen molar-refractivity contribution in [3.05, 3.63) is 0 Å². The van der Waals surface area contributed by atoms with Crippen molar-refractivity contribution in [2.75, 3.05) is 5.75 Å². The van der Waals surface area contributed by atoms with E-state index in [1.54, 1.807) is 0 Å². The zero-order valence-corrected chi connectivity index (χ0v) is 11.3. The molecular formula is C13H24N2OS. The van der Waals surface area contributed by atoms with Crippen molar-refractivity contribution in [3.8, 4) is 0 Å². The highest BCUT2D eigenvalue weighted by Crippen LogP contribution is 2.36. The van der Waals surface area contributed by atoms with Crippen molar-refractivity contribution in [3.63, 3.8) is 0 Å². The number of thioether (sulfide) groups is 1. The van der Waals surface area contributed by atoms with E-state index in [1.807, 2.05) is 11.8 Å². The number of carbonyl (C=O) groups excluding carboxylic acids is 1. The molecule has 2 rings (SSSR count). The predicted molar refractivity (Wildman–Crippen MR) is 72.8 cm³/mol. The molecule has 1 amide bonds. The molecule has 2 unspecified atom stereocenters. The molecule has 2 fully saturated rings. The molecule has 0 saturated heterocycles. The van der Waals surface area contributed by atoms with Crippen molar-refractivity contribution in [1.82, 2.24) is 0 Å². The number of rotatable bonds is 4. The van der Waals surface area contributed by atoms with Crippen molar-refractivity contribution >= 4 is 17.7 Å². The summed E-state index contributed by atoms with van der Waals surface area (Å²) in [5.41, 5.74) is 10.8. The fourth-order valence-electron chi connectivity index (χ4n) is 3.07. The summed E-state index contributed by atoms with van der Waals surface area (Å²) in [5, 5.41) is 0.543. The van der Waals surface area contributed by atoms with Gasteiger partial charge in [-0.05, 0) is 50.2 Å². The van der Waals surface area contributed by atoms with Gasteiger partial charge in [-0.3, -0.25) is 4.79 Å². The van der Waals surface area contributed by atoms with Gasteiger partial charge in [-0.2, -0.15) is 11.8 Å². The van der Waals surface area contributed by atoms with E-state index in [4.69, 9.17) is 11.5 Å². The van der Waals surface area contributed by atoms with Crippen molar-refractivity contribution in [1.29, 1.82) is 0 Å². The van der Waals surface area contributed by atoms with Crippen molar-refractivity contribution in [2.24, 2.45) is 17.4 Å². The molecule has 4 heteroatoms. The van der Waals surface area contributed by atoms with Crippen LogP contribution < -0.4 is 11.5 Å². The van der Waals surface area contributed by atoms with Gasteiger partial charge in [-0.15, -0.1) is 0 Å². The van der Waals surface area contributed by atoms with E-state index in [0.29, 0.717) is 5.25 Å². The normalized spacial score (nSPS) is 35.0. The molecule has 2 aliphatic rings. The molecule has 0 aromatic heterocycles. The molecular weight excluding hydrogens is 232 g/mol. The Morgan fingerprint density at radius 2 is 1.94 bits per heavy atom. The van der Waals surface area contributed by atoms with Gasteiger partial charge < -0.3 is 11.5 Å². The predicted octanol–water partition coefficient (Wildman–Crippen LogP) is 2.04. The lowest BCUT2D eigenvalue weighted by molar-refractivity contribution is -0.124. The minimum Gasteiger partial charge on any atom is -0.368 e. The zero-order valence-electron chi connectivity index (χ0n) is 10.5. The average Bonchev–Trinajstić information content (AvgIpc) is 2.79. The molecule has 0 bridgehead atoms. The van der Waals surface area contributed by atoms with Gasteiger partial charge in [0.25, 0.3) is 0 Å². The Kier molecular flexibility index (Phi) is 4.36. The van der Waals surface area contributed by atoms with E-state index in [1.165, 1.54) is 37.9 Å². The van der Waals surface area contributed by atoms with Gasteiger partial charge in [-0.1, -0.05) is 12.8 Å². The second-order valence-corrected chi connectivity index (χ2v) is 7.06. The highest BCUT2D eigenvalue weighted by molar-refractivity contribution is 7.99. The Bertz CT molecular complexity index is 279. The van der Waals surface area contributed by atoms with E-state index in [9.17, 15) is 4.79 Å². The largest absolute Gasteiger partial charge is 0.368 e. The van der Waals surface area contributed by atoms with Crippen LogP contribution in [-0.4, -0.2) is 22.4 Å². The Hall–Kier alpha value is -0.220. The molecule has 0 aliphatic heterocycles. The molecule has 2 atom stereocenters. The van der Waals surface area contributed by atoms with Crippen LogP contribution in [0.3, 0.4) is 0 Å². The fraction of sp³-hybridized carbons (Fsp3) is 0.923. The Balaban J connectivity index is 1.78. The molecule has 98 valence electrons. The molecule has 4 N–H and O–H groups in total. The molecule has 2 saturated carbocycles. The van der Waals surface area contributed by atoms with Crippen LogP contribution in [0.2, 0.25) is 0 Å². The number of carbonyl (C=O) groups is 1. The molecule has 0 radical (unpaired) electrons. The van der Waals surface area contributed by atoms with Gasteiger partial charge in [0.2, 0.25) is 5.91 Å². The molecule has 2 aliphatic carbocycles. The fourth-order valence-corrected chi connectivity index (χ4v) is 4.70. The minimum absolute atomic E-state index is 0.316. The number of hydrogen-bond donors (Lipinski definition) is 2. The maximum absolute atomic E-state index is 11.4. The highest BCUT2D eigenvalue weighted by atomic mass is 32.2. The van der Waals surface area contributed by atoms with Crippen molar-refractivity contribution in [2.45, 2.75) is 62.2 Å². The van der Waals surface area contributed by atoms with Gasteiger partial charge >= 0.3 is 0 Å². The number of primary amides is 1. The second-order valence-electron chi connectivity index (χ2n) is 5.72. The number of amides is 1. The molecule has 3 nitrogen and oxygen atoms in total. The van der Waals surface area contributed by atoms with Gasteiger partial charge in [0.1, 0.15) is 0 Å². The first-order valence-electron chi connectivity index (χ1n) is 6.80. The first-order valence-corrected chi connectivity index (χ1v) is 7.85. The van der Waals surface area contributed by atoms with Gasteiger partial charge in [0, 0.05) is 5.25 Å². The minimum atomic E-state index is -0.731. The summed E-state index contributed by atoms with van der Waals surface area (Å²) >= 11 is 2.03. The standard InChI is InChI=1S/C13H24N2OS/c14-12(16)13(15)7-3-6-11(8-13)17-9-10-4-1-2-5-10/h10-11H,1-9,15H2,(H2,14,16). The van der Waals surface area contributed by atoms with Crippen LogP contribution >= 0.6 is 11.8 Å². The summed E-state index contributed by atoms with van der Waals surface area (Å²) < 4.78 is 0. The van der Waals surface area contributed by atoms with Crippen LogP contribution in [0, 0.1) is 5.92 Å². The maximum Gasteiger partial charge on any atom is 0.237 e. The molecule has 0 heterocycles. The molecule has 0 spiro atoms. The van der Waals surface area contributed by atoms with Crippen LogP contribution in [0.5, 0.6) is 0 Å². The Morgan fingerprint density at radius 1 is 1.24 bits per heavy atom. The molecule has 0 aromatic rings. The van der Waals surface area contributed by atoms with Gasteiger partial charge in [0.05, 0.1) is 5.54 Å². The average molecular weight is 256 g/mol. The van der Waals surface area contributed by atoms with Crippen LogP contribution in [0.25, 0.3) is 0 Å². The lowest BCUT2D eigenvalue weighted by Crippen LogP contribution is -2.55. The van der Waals surface area contributed by atoms with Crippen LogP contribution in [0.1, 0.15) is 51.4 Å². The molecule has 0 aromatic carbocycles.